The molecule has 1 aliphatic carbocycles. The molecule has 38 heavy (non-hydrogen) atoms. The number of aliphatic hydroxyl groups excluding tert-OH is 1. The molecule has 1 unspecified atom stereocenters. The Bertz CT molecular complexity index is 1320. The first kappa shape index (κ1) is 26.5. The zero-order chi connectivity index (χ0) is 27.2. The van der Waals surface area contributed by atoms with E-state index in [0.29, 0.717) is 6.54 Å². The van der Waals surface area contributed by atoms with Gasteiger partial charge in [0.2, 0.25) is 11.8 Å². The molecule has 10 heteroatoms. The standard InChI is InChI=1S/C28H36N6O3S/c1-17-23(38-16-30-17)19-8-6-18(7-9-19)13-29-25(36)21-12-20(35)14-33(21)26(37)24(27(2,3)4)34-15-22(31-32-34)28(5)10-11-28/h6-9,15-16,20-21,24,35H,10-14H2,1-5H3,(H,29,36)/t20-,21+,24?/m1/s1. The van der Waals surface area contributed by atoms with Gasteiger partial charge >= 0.3 is 0 Å². The third kappa shape index (κ3) is 5.24. The lowest BCUT2D eigenvalue weighted by atomic mass is 9.85. The second kappa shape index (κ2) is 9.89. The van der Waals surface area contributed by atoms with E-state index in [1.54, 1.807) is 16.0 Å². The molecule has 2 fully saturated rings. The minimum Gasteiger partial charge on any atom is -0.391 e. The van der Waals surface area contributed by atoms with Crippen LogP contribution in [0.25, 0.3) is 10.4 Å². The monoisotopic (exact) mass is 536 g/mol. The smallest absolute Gasteiger partial charge is 0.248 e. The van der Waals surface area contributed by atoms with Gasteiger partial charge in [0.25, 0.3) is 0 Å². The molecule has 3 heterocycles. The van der Waals surface area contributed by atoms with Crippen LogP contribution in [0.5, 0.6) is 0 Å². The van der Waals surface area contributed by atoms with Crippen molar-refractivity contribution in [1.29, 1.82) is 0 Å². The molecule has 2 aliphatic rings. The van der Waals surface area contributed by atoms with Crippen molar-refractivity contribution in [3.05, 3.63) is 52.9 Å². The van der Waals surface area contributed by atoms with Crippen LogP contribution < -0.4 is 5.32 Å². The topological polar surface area (TPSA) is 113 Å². The molecule has 1 aromatic carbocycles. The van der Waals surface area contributed by atoms with E-state index in [9.17, 15) is 14.7 Å². The molecule has 3 aromatic rings. The lowest BCUT2D eigenvalue weighted by Crippen LogP contribution is -2.50. The molecule has 0 bridgehead atoms. The number of aryl methyl sites for hydroxylation is 1. The molecule has 3 atom stereocenters. The highest BCUT2D eigenvalue weighted by Gasteiger charge is 2.46. The lowest BCUT2D eigenvalue weighted by Gasteiger charge is -2.34. The summed E-state index contributed by atoms with van der Waals surface area (Å²) in [4.78, 5) is 34.2. The van der Waals surface area contributed by atoms with E-state index in [4.69, 9.17) is 0 Å². The molecule has 1 aliphatic heterocycles. The van der Waals surface area contributed by atoms with Crippen LogP contribution in [0.1, 0.15) is 70.0 Å². The van der Waals surface area contributed by atoms with Gasteiger partial charge in [-0.3, -0.25) is 9.59 Å². The van der Waals surface area contributed by atoms with Gasteiger partial charge in [0, 0.05) is 31.1 Å². The summed E-state index contributed by atoms with van der Waals surface area (Å²) < 4.78 is 1.65. The fraction of sp³-hybridized carbons (Fsp3) is 0.536. The number of aromatic nitrogens is 4. The summed E-state index contributed by atoms with van der Waals surface area (Å²) >= 11 is 1.60. The molecule has 9 nitrogen and oxygen atoms in total. The molecular weight excluding hydrogens is 500 g/mol. The fourth-order valence-corrected chi connectivity index (χ4v) is 5.94. The molecule has 5 rings (SSSR count). The SMILES string of the molecule is Cc1ncsc1-c1ccc(CNC(=O)[C@@H]2C[C@@H](O)CN2C(=O)C(n2cc(C3(C)CC3)nn2)C(C)(C)C)cc1. The second-order valence-corrected chi connectivity index (χ2v) is 12.8. The van der Waals surface area contributed by atoms with Gasteiger partial charge in [-0.15, -0.1) is 16.4 Å². The summed E-state index contributed by atoms with van der Waals surface area (Å²) in [6.45, 7) is 10.5. The van der Waals surface area contributed by atoms with Gasteiger partial charge in [-0.1, -0.05) is 57.2 Å². The molecule has 2 amide bonds. The summed E-state index contributed by atoms with van der Waals surface area (Å²) in [7, 11) is 0. The van der Waals surface area contributed by atoms with Crippen molar-refractivity contribution in [2.45, 2.75) is 84.0 Å². The quantitative estimate of drug-likeness (QED) is 0.477. The van der Waals surface area contributed by atoms with Crippen molar-refractivity contribution in [1.82, 2.24) is 30.2 Å². The number of carbonyl (C=O) groups is 2. The predicted molar refractivity (Wildman–Crippen MR) is 145 cm³/mol. The zero-order valence-corrected chi connectivity index (χ0v) is 23.5. The van der Waals surface area contributed by atoms with Crippen molar-refractivity contribution in [2.75, 3.05) is 6.54 Å². The Morgan fingerprint density at radius 3 is 2.55 bits per heavy atom. The first-order valence-electron chi connectivity index (χ1n) is 13.1. The molecule has 202 valence electrons. The Morgan fingerprint density at radius 2 is 1.95 bits per heavy atom. The predicted octanol–water partition coefficient (Wildman–Crippen LogP) is 3.63. The van der Waals surface area contributed by atoms with Gasteiger partial charge in [-0.05, 0) is 36.3 Å². The maximum atomic E-state index is 13.9. The molecule has 0 spiro atoms. The van der Waals surface area contributed by atoms with Crippen LogP contribution in [-0.2, 0) is 21.5 Å². The van der Waals surface area contributed by atoms with Gasteiger partial charge in [0.05, 0.1) is 27.9 Å². The van der Waals surface area contributed by atoms with Crippen molar-refractivity contribution in [2.24, 2.45) is 5.41 Å². The van der Waals surface area contributed by atoms with Crippen LogP contribution in [0.15, 0.2) is 36.0 Å². The van der Waals surface area contributed by atoms with Crippen LogP contribution in [0.2, 0.25) is 0 Å². The Labute approximate surface area is 227 Å². The van der Waals surface area contributed by atoms with Gasteiger partial charge in [0.1, 0.15) is 12.1 Å². The van der Waals surface area contributed by atoms with Gasteiger partial charge in [-0.25, -0.2) is 9.67 Å². The maximum Gasteiger partial charge on any atom is 0.248 e. The van der Waals surface area contributed by atoms with Gasteiger partial charge < -0.3 is 15.3 Å². The summed E-state index contributed by atoms with van der Waals surface area (Å²) in [6, 6.07) is 6.64. The fourth-order valence-electron chi connectivity index (χ4n) is 5.13. The van der Waals surface area contributed by atoms with Gasteiger partial charge in [0.15, 0.2) is 0 Å². The number of benzene rings is 1. The maximum absolute atomic E-state index is 13.9. The van der Waals surface area contributed by atoms with E-state index in [1.807, 2.05) is 63.7 Å². The zero-order valence-electron chi connectivity index (χ0n) is 22.6. The number of rotatable bonds is 7. The first-order valence-corrected chi connectivity index (χ1v) is 14.0. The third-order valence-electron chi connectivity index (χ3n) is 7.74. The summed E-state index contributed by atoms with van der Waals surface area (Å²) in [5, 5.41) is 22.1. The number of thiazole rings is 1. The van der Waals surface area contributed by atoms with E-state index in [-0.39, 0.29) is 30.2 Å². The van der Waals surface area contributed by atoms with E-state index in [2.05, 4.69) is 27.5 Å². The second-order valence-electron chi connectivity index (χ2n) is 12.0. The average Bonchev–Trinajstić information content (AvgIpc) is 3.23. The number of aliphatic hydroxyl groups is 1. The van der Waals surface area contributed by atoms with E-state index in [0.717, 1.165) is 40.2 Å². The highest BCUT2D eigenvalue weighted by Crippen LogP contribution is 2.47. The third-order valence-corrected chi connectivity index (χ3v) is 8.72. The Morgan fingerprint density at radius 1 is 1.24 bits per heavy atom. The van der Waals surface area contributed by atoms with Crippen LogP contribution in [-0.4, -0.2) is 60.5 Å². The number of amides is 2. The Hall–Kier alpha value is -3.11. The van der Waals surface area contributed by atoms with Crippen molar-refractivity contribution in [3.63, 3.8) is 0 Å². The van der Waals surface area contributed by atoms with Crippen LogP contribution in [0.3, 0.4) is 0 Å². The summed E-state index contributed by atoms with van der Waals surface area (Å²) in [5.74, 6) is -0.495. The van der Waals surface area contributed by atoms with E-state index >= 15 is 0 Å². The summed E-state index contributed by atoms with van der Waals surface area (Å²) in [6.07, 6.45) is 3.45. The van der Waals surface area contributed by atoms with E-state index < -0.39 is 23.6 Å². The molecule has 1 saturated heterocycles. The largest absolute Gasteiger partial charge is 0.391 e. The highest BCUT2D eigenvalue weighted by molar-refractivity contribution is 7.13. The minimum atomic E-state index is -0.756. The number of nitrogens with zero attached hydrogens (tertiary/aromatic N) is 5. The normalized spacial score (nSPS) is 21.4. The van der Waals surface area contributed by atoms with Crippen molar-refractivity contribution < 1.29 is 14.7 Å². The van der Waals surface area contributed by atoms with Crippen molar-refractivity contribution >= 4 is 23.2 Å². The number of β-amino-alcohol motifs (C(OH)–C–C–N with tert-alkyl or cyclic N) is 1. The Balaban J connectivity index is 1.29. The molecule has 2 N–H and O–H groups in total. The number of nitrogens with one attached hydrogen (secondary N) is 1. The van der Waals surface area contributed by atoms with Crippen LogP contribution in [0.4, 0.5) is 0 Å². The van der Waals surface area contributed by atoms with Crippen LogP contribution in [0, 0.1) is 12.3 Å². The number of carbonyl (C=O) groups excluding carboxylic acids is 2. The molecule has 0 radical (unpaired) electrons. The minimum absolute atomic E-state index is 0.0354. The van der Waals surface area contributed by atoms with Gasteiger partial charge in [-0.2, -0.15) is 0 Å². The van der Waals surface area contributed by atoms with Crippen molar-refractivity contribution in [3.8, 4) is 10.4 Å². The highest BCUT2D eigenvalue weighted by atomic mass is 32.1. The Kier molecular flexibility index (Phi) is 6.89. The number of likely N-dealkylation sites (tertiary alicyclic amines) is 1. The summed E-state index contributed by atoms with van der Waals surface area (Å²) in [5.41, 5.74) is 5.34. The molecular formula is C28H36N6O3S. The lowest BCUT2D eigenvalue weighted by molar-refractivity contribution is -0.144. The number of hydrogen-bond donors (Lipinski definition) is 2. The molecule has 2 aromatic heterocycles. The average molecular weight is 537 g/mol. The molecule has 1 saturated carbocycles. The number of hydrogen-bond acceptors (Lipinski definition) is 7. The van der Waals surface area contributed by atoms with E-state index in [1.165, 1.54) is 4.90 Å². The first-order chi connectivity index (χ1) is 18.0. The van der Waals surface area contributed by atoms with Crippen LogP contribution >= 0.6 is 11.3 Å².